The van der Waals surface area contributed by atoms with E-state index in [-0.39, 0.29) is 11.9 Å². The van der Waals surface area contributed by atoms with Gasteiger partial charge in [0, 0.05) is 24.7 Å². The number of halogens is 1. The van der Waals surface area contributed by atoms with Crippen molar-refractivity contribution >= 4 is 28.9 Å². The number of nitrogen functional groups attached to an aromatic ring is 1. The van der Waals surface area contributed by atoms with Gasteiger partial charge < -0.3 is 15.8 Å². The number of methoxy groups -OCH3 is 1. The molecule has 0 spiro atoms. The molecular formula is C14H22ClN3O2. The molecule has 0 saturated carbocycles. The van der Waals surface area contributed by atoms with Gasteiger partial charge >= 0.3 is 0 Å². The summed E-state index contributed by atoms with van der Waals surface area (Å²) in [5, 5.41) is 3.34. The summed E-state index contributed by atoms with van der Waals surface area (Å²) in [6.45, 7) is 5.68. The lowest BCUT2D eigenvalue weighted by Gasteiger charge is -2.25. The van der Waals surface area contributed by atoms with E-state index in [9.17, 15) is 4.79 Å². The van der Waals surface area contributed by atoms with E-state index < -0.39 is 0 Å². The minimum atomic E-state index is -0.108. The maximum atomic E-state index is 12.0. The van der Waals surface area contributed by atoms with Crippen LogP contribution in [0.4, 0.5) is 11.4 Å². The van der Waals surface area contributed by atoms with E-state index in [1.54, 1.807) is 25.3 Å². The monoisotopic (exact) mass is 299 g/mol. The molecule has 0 saturated heterocycles. The van der Waals surface area contributed by atoms with Crippen LogP contribution in [-0.4, -0.2) is 43.7 Å². The van der Waals surface area contributed by atoms with Gasteiger partial charge in [0.2, 0.25) is 5.91 Å². The number of anilines is 2. The molecule has 0 bridgehead atoms. The summed E-state index contributed by atoms with van der Waals surface area (Å²) in [5.74, 6) is -0.108. The van der Waals surface area contributed by atoms with Crippen molar-refractivity contribution in [2.24, 2.45) is 0 Å². The third-order valence-corrected chi connectivity index (χ3v) is 3.18. The van der Waals surface area contributed by atoms with Crippen molar-refractivity contribution in [3.05, 3.63) is 23.2 Å². The Labute approximate surface area is 125 Å². The first kappa shape index (κ1) is 16.8. The van der Waals surface area contributed by atoms with Gasteiger partial charge in [0.15, 0.2) is 0 Å². The van der Waals surface area contributed by atoms with E-state index in [2.05, 4.69) is 5.32 Å². The van der Waals surface area contributed by atoms with Gasteiger partial charge in [-0.2, -0.15) is 0 Å². The minimum Gasteiger partial charge on any atom is -0.397 e. The average molecular weight is 300 g/mol. The smallest absolute Gasteiger partial charge is 0.238 e. The minimum absolute atomic E-state index is 0.108. The molecule has 0 radical (unpaired) electrons. The average Bonchev–Trinajstić information content (AvgIpc) is 2.37. The second kappa shape index (κ2) is 8.09. The highest BCUT2D eigenvalue weighted by atomic mass is 35.5. The lowest BCUT2D eigenvalue weighted by atomic mass is 10.2. The molecule has 0 heterocycles. The lowest BCUT2D eigenvalue weighted by molar-refractivity contribution is -0.117. The Morgan fingerprint density at radius 3 is 2.75 bits per heavy atom. The van der Waals surface area contributed by atoms with E-state index >= 15 is 0 Å². The lowest BCUT2D eigenvalue weighted by Crippen LogP contribution is -2.40. The van der Waals surface area contributed by atoms with Crippen molar-refractivity contribution in [2.45, 2.75) is 19.9 Å². The molecule has 0 aliphatic heterocycles. The molecule has 0 atom stereocenters. The molecule has 1 aromatic rings. The topological polar surface area (TPSA) is 67.6 Å². The van der Waals surface area contributed by atoms with Gasteiger partial charge in [0.1, 0.15) is 0 Å². The molecule has 1 aromatic carbocycles. The molecule has 20 heavy (non-hydrogen) atoms. The Balaban J connectivity index is 2.61. The summed E-state index contributed by atoms with van der Waals surface area (Å²) in [6.07, 6.45) is 0. The number of hydrogen-bond donors (Lipinski definition) is 2. The predicted molar refractivity (Wildman–Crippen MR) is 83.1 cm³/mol. The van der Waals surface area contributed by atoms with Gasteiger partial charge in [-0.3, -0.25) is 9.69 Å². The number of nitrogens with zero attached hydrogens (tertiary/aromatic N) is 1. The van der Waals surface area contributed by atoms with E-state index in [0.717, 1.165) is 0 Å². The molecule has 6 heteroatoms. The quantitative estimate of drug-likeness (QED) is 0.758. The fourth-order valence-corrected chi connectivity index (χ4v) is 1.93. The summed E-state index contributed by atoms with van der Waals surface area (Å²) < 4.78 is 5.05. The fraction of sp³-hybridized carbons (Fsp3) is 0.500. The number of nitrogens with one attached hydrogen (secondary N) is 1. The van der Waals surface area contributed by atoms with Gasteiger partial charge in [-0.25, -0.2) is 0 Å². The van der Waals surface area contributed by atoms with Crippen LogP contribution in [-0.2, 0) is 9.53 Å². The zero-order chi connectivity index (χ0) is 15.1. The summed E-state index contributed by atoms with van der Waals surface area (Å²) in [5.41, 5.74) is 6.84. The van der Waals surface area contributed by atoms with Crippen LogP contribution in [0.5, 0.6) is 0 Å². The summed E-state index contributed by atoms with van der Waals surface area (Å²) in [6, 6.07) is 5.27. The van der Waals surface area contributed by atoms with E-state index in [0.29, 0.717) is 36.1 Å². The molecule has 0 aliphatic carbocycles. The maximum absolute atomic E-state index is 12.0. The highest BCUT2D eigenvalue weighted by molar-refractivity contribution is 6.31. The van der Waals surface area contributed by atoms with E-state index in [1.807, 2.05) is 18.7 Å². The van der Waals surface area contributed by atoms with Gasteiger partial charge in [-0.15, -0.1) is 0 Å². The van der Waals surface area contributed by atoms with Crippen molar-refractivity contribution in [1.29, 1.82) is 0 Å². The molecule has 0 unspecified atom stereocenters. The Morgan fingerprint density at radius 1 is 1.50 bits per heavy atom. The predicted octanol–water partition coefficient (Wildman–Crippen LogP) is 2.22. The van der Waals surface area contributed by atoms with Crippen molar-refractivity contribution in [3.63, 3.8) is 0 Å². The van der Waals surface area contributed by atoms with Crippen LogP contribution in [0.2, 0.25) is 5.02 Å². The van der Waals surface area contributed by atoms with E-state index in [1.165, 1.54) is 0 Å². The molecule has 0 fully saturated rings. The third kappa shape index (κ3) is 5.36. The fourth-order valence-electron chi connectivity index (χ4n) is 1.75. The molecule has 112 valence electrons. The first-order valence-corrected chi connectivity index (χ1v) is 6.89. The number of rotatable bonds is 7. The SMILES string of the molecule is COCCN(CC(=O)Nc1ccc(Cl)cc1N)C(C)C. The van der Waals surface area contributed by atoms with Crippen LogP contribution >= 0.6 is 11.6 Å². The first-order valence-electron chi connectivity index (χ1n) is 6.52. The van der Waals surface area contributed by atoms with Crippen molar-refractivity contribution in [2.75, 3.05) is 37.9 Å². The molecule has 0 aromatic heterocycles. The van der Waals surface area contributed by atoms with Crippen LogP contribution in [0, 0.1) is 0 Å². The van der Waals surface area contributed by atoms with Gasteiger partial charge in [-0.05, 0) is 32.0 Å². The summed E-state index contributed by atoms with van der Waals surface area (Å²) in [7, 11) is 1.65. The summed E-state index contributed by atoms with van der Waals surface area (Å²) in [4.78, 5) is 14.1. The number of benzene rings is 1. The second-order valence-electron chi connectivity index (χ2n) is 4.84. The Morgan fingerprint density at radius 2 is 2.20 bits per heavy atom. The second-order valence-corrected chi connectivity index (χ2v) is 5.27. The zero-order valence-corrected chi connectivity index (χ0v) is 12.9. The molecule has 3 N–H and O–H groups in total. The normalized spacial score (nSPS) is 11.1. The highest BCUT2D eigenvalue weighted by Crippen LogP contribution is 2.22. The number of ether oxygens (including phenoxy) is 1. The Kier molecular flexibility index (Phi) is 6.78. The van der Waals surface area contributed by atoms with Gasteiger partial charge in [0.25, 0.3) is 0 Å². The van der Waals surface area contributed by atoms with Gasteiger partial charge in [-0.1, -0.05) is 11.6 Å². The summed E-state index contributed by atoms with van der Waals surface area (Å²) >= 11 is 5.82. The number of nitrogens with two attached hydrogens (primary N) is 1. The van der Waals surface area contributed by atoms with Gasteiger partial charge in [0.05, 0.1) is 24.5 Å². The first-order chi connectivity index (χ1) is 9.43. The van der Waals surface area contributed by atoms with Crippen LogP contribution in [0.25, 0.3) is 0 Å². The largest absolute Gasteiger partial charge is 0.397 e. The third-order valence-electron chi connectivity index (χ3n) is 2.95. The Bertz CT molecular complexity index is 452. The standard InChI is InChI=1S/C14H22ClN3O2/c1-10(2)18(6-7-20-3)9-14(19)17-13-5-4-11(15)8-12(13)16/h4-5,8,10H,6-7,9,16H2,1-3H3,(H,17,19). The van der Waals surface area contributed by atoms with E-state index in [4.69, 9.17) is 22.1 Å². The van der Waals surface area contributed by atoms with Crippen LogP contribution in [0.3, 0.4) is 0 Å². The molecule has 0 aliphatic rings. The number of hydrogen-bond acceptors (Lipinski definition) is 4. The number of carbonyl (C=O) groups excluding carboxylic acids is 1. The van der Waals surface area contributed by atoms with Crippen LogP contribution in [0.1, 0.15) is 13.8 Å². The van der Waals surface area contributed by atoms with Crippen LogP contribution in [0.15, 0.2) is 18.2 Å². The van der Waals surface area contributed by atoms with Crippen LogP contribution < -0.4 is 11.1 Å². The zero-order valence-electron chi connectivity index (χ0n) is 12.1. The molecule has 5 nitrogen and oxygen atoms in total. The van der Waals surface area contributed by atoms with Crippen molar-refractivity contribution < 1.29 is 9.53 Å². The van der Waals surface area contributed by atoms with Crippen molar-refractivity contribution in [3.8, 4) is 0 Å². The molecule has 1 amide bonds. The molecular weight excluding hydrogens is 278 g/mol. The van der Waals surface area contributed by atoms with Crippen molar-refractivity contribution in [1.82, 2.24) is 4.90 Å². The Hall–Kier alpha value is -1.30. The maximum Gasteiger partial charge on any atom is 0.238 e. The highest BCUT2D eigenvalue weighted by Gasteiger charge is 2.14. The number of amides is 1. The number of carbonyl (C=O) groups is 1. The molecule has 1 rings (SSSR count).